The largest absolute Gasteiger partial charge is 0.443 e. The van der Waals surface area contributed by atoms with E-state index in [1.165, 1.54) is 0 Å². The van der Waals surface area contributed by atoms with Gasteiger partial charge in [0.1, 0.15) is 0 Å². The zero-order valence-corrected chi connectivity index (χ0v) is 10.0. The average molecular weight is 265 g/mol. The molecule has 0 aromatic carbocycles. The number of aliphatic hydroxyl groups excluding tert-OH is 1. The normalized spacial score (nSPS) is 19.8. The summed E-state index contributed by atoms with van der Waals surface area (Å²) in [5.74, 6) is 0.446. The maximum absolute atomic E-state index is 12.3. The number of halogens is 3. The Morgan fingerprint density at radius 1 is 1.41 bits per heavy atom. The van der Waals surface area contributed by atoms with Crippen molar-refractivity contribution < 1.29 is 18.3 Å². The Morgan fingerprint density at radius 3 is 2.59 bits per heavy atom. The molecule has 17 heavy (non-hydrogen) atoms. The van der Waals surface area contributed by atoms with Crippen LogP contribution in [0.3, 0.4) is 0 Å². The summed E-state index contributed by atoms with van der Waals surface area (Å²) in [5, 5.41) is 8.99. The predicted molar refractivity (Wildman–Crippen MR) is 58.7 cm³/mol. The third kappa shape index (κ3) is 3.19. The van der Waals surface area contributed by atoms with Gasteiger partial charge >= 0.3 is 6.18 Å². The van der Waals surface area contributed by atoms with E-state index >= 15 is 0 Å². The van der Waals surface area contributed by atoms with Crippen molar-refractivity contribution in [1.29, 1.82) is 0 Å². The van der Waals surface area contributed by atoms with Crippen molar-refractivity contribution in [3.8, 4) is 0 Å². The van der Waals surface area contributed by atoms with Gasteiger partial charge in [0.15, 0.2) is 5.01 Å². The molecule has 2 nitrogen and oxygen atoms in total. The number of thiazole rings is 1. The highest BCUT2D eigenvalue weighted by molar-refractivity contribution is 7.11. The zero-order valence-electron chi connectivity index (χ0n) is 9.20. The second-order valence-corrected chi connectivity index (χ2v) is 5.53. The van der Waals surface area contributed by atoms with Crippen LogP contribution in [0.2, 0.25) is 0 Å². The van der Waals surface area contributed by atoms with Gasteiger partial charge in [-0.05, 0) is 12.3 Å². The minimum absolute atomic E-state index is 0.323. The third-order valence-electron chi connectivity index (χ3n) is 3.13. The second-order valence-electron chi connectivity index (χ2n) is 4.47. The van der Waals surface area contributed by atoms with Crippen LogP contribution in [0.1, 0.15) is 48.1 Å². The molecule has 1 unspecified atom stereocenters. The van der Waals surface area contributed by atoms with Crippen LogP contribution < -0.4 is 0 Å². The Morgan fingerprint density at radius 2 is 2.06 bits per heavy atom. The molecule has 1 aromatic rings. The maximum Gasteiger partial charge on any atom is 0.443 e. The topological polar surface area (TPSA) is 33.1 Å². The summed E-state index contributed by atoms with van der Waals surface area (Å²) in [7, 11) is 0. The lowest BCUT2D eigenvalue weighted by Gasteiger charge is -2.13. The molecule has 1 heterocycles. The quantitative estimate of drug-likeness (QED) is 0.902. The van der Waals surface area contributed by atoms with Crippen LogP contribution in [0.4, 0.5) is 13.2 Å². The molecule has 0 aliphatic heterocycles. The van der Waals surface area contributed by atoms with E-state index in [1.54, 1.807) is 0 Å². The Labute approximate surface area is 101 Å². The van der Waals surface area contributed by atoms with Crippen LogP contribution >= 0.6 is 11.3 Å². The van der Waals surface area contributed by atoms with E-state index in [0.717, 1.165) is 31.9 Å². The number of alkyl halides is 3. The fourth-order valence-corrected chi connectivity index (χ4v) is 3.03. The summed E-state index contributed by atoms with van der Waals surface area (Å²) >= 11 is 0.545. The van der Waals surface area contributed by atoms with Gasteiger partial charge < -0.3 is 5.11 Å². The van der Waals surface area contributed by atoms with Crippen LogP contribution in [0.15, 0.2) is 6.20 Å². The van der Waals surface area contributed by atoms with Gasteiger partial charge in [-0.15, -0.1) is 11.3 Å². The van der Waals surface area contributed by atoms with E-state index in [9.17, 15) is 18.3 Å². The van der Waals surface area contributed by atoms with E-state index in [1.807, 2.05) is 0 Å². The number of nitrogens with zero attached hydrogens (tertiary/aromatic N) is 1. The Kier molecular flexibility index (Phi) is 3.73. The van der Waals surface area contributed by atoms with Gasteiger partial charge in [-0.1, -0.05) is 25.7 Å². The molecular weight excluding hydrogens is 251 g/mol. The Hall–Kier alpha value is -0.620. The number of hydrogen-bond acceptors (Lipinski definition) is 3. The summed E-state index contributed by atoms with van der Waals surface area (Å²) in [4.78, 5) is 3.64. The summed E-state index contributed by atoms with van der Waals surface area (Å²) in [5.41, 5.74) is 0. The molecule has 0 radical (unpaired) electrons. The summed E-state index contributed by atoms with van der Waals surface area (Å²) in [6.07, 6.45) is 0.959. The van der Waals surface area contributed by atoms with E-state index < -0.39 is 17.3 Å². The number of aliphatic hydroxyl groups is 1. The summed E-state index contributed by atoms with van der Waals surface area (Å²) in [6.45, 7) is 0. The van der Waals surface area contributed by atoms with Gasteiger partial charge in [-0.25, -0.2) is 4.98 Å². The lowest BCUT2D eigenvalue weighted by molar-refractivity contribution is -0.137. The maximum atomic E-state index is 12.3. The van der Waals surface area contributed by atoms with Crippen molar-refractivity contribution >= 4 is 11.3 Å². The van der Waals surface area contributed by atoms with Crippen molar-refractivity contribution in [3.63, 3.8) is 0 Å². The highest BCUT2D eigenvalue weighted by atomic mass is 32.1. The van der Waals surface area contributed by atoms with Gasteiger partial charge in [0.05, 0.1) is 11.0 Å². The molecule has 1 fully saturated rings. The molecule has 6 heteroatoms. The average Bonchev–Trinajstić information content (AvgIpc) is 2.85. The fourth-order valence-electron chi connectivity index (χ4n) is 2.25. The van der Waals surface area contributed by atoms with E-state index in [4.69, 9.17) is 0 Å². The van der Waals surface area contributed by atoms with E-state index in [2.05, 4.69) is 4.98 Å². The molecule has 1 N–H and O–H groups in total. The molecule has 1 aliphatic rings. The molecule has 0 spiro atoms. The number of hydrogen-bond donors (Lipinski definition) is 1. The zero-order chi connectivity index (χ0) is 12.5. The number of rotatable bonds is 3. The molecule has 0 saturated heterocycles. The van der Waals surface area contributed by atoms with Crippen molar-refractivity contribution in [3.05, 3.63) is 16.1 Å². The monoisotopic (exact) mass is 265 g/mol. The van der Waals surface area contributed by atoms with Crippen molar-refractivity contribution in [2.45, 2.75) is 44.4 Å². The first-order chi connectivity index (χ1) is 7.97. The fraction of sp³-hybridized carbons (Fsp3) is 0.727. The molecule has 1 saturated carbocycles. The lowest BCUT2D eigenvalue weighted by Crippen LogP contribution is -2.03. The van der Waals surface area contributed by atoms with Crippen molar-refractivity contribution in [2.75, 3.05) is 0 Å². The molecule has 1 aliphatic carbocycles. The van der Waals surface area contributed by atoms with Crippen molar-refractivity contribution in [2.24, 2.45) is 5.92 Å². The van der Waals surface area contributed by atoms with Gasteiger partial charge in [0.2, 0.25) is 0 Å². The smallest absolute Gasteiger partial charge is 0.388 e. The SMILES string of the molecule is OC(CC1CCCC1)c1cnc(C(F)(F)F)s1. The van der Waals surface area contributed by atoms with E-state index in [-0.39, 0.29) is 0 Å². The van der Waals surface area contributed by atoms with Crippen LogP contribution in [0.25, 0.3) is 0 Å². The Bertz CT molecular complexity index is 371. The molecule has 96 valence electrons. The van der Waals surface area contributed by atoms with Crippen molar-refractivity contribution in [1.82, 2.24) is 4.98 Å². The van der Waals surface area contributed by atoms with E-state index in [0.29, 0.717) is 28.6 Å². The minimum Gasteiger partial charge on any atom is -0.388 e. The highest BCUT2D eigenvalue weighted by Gasteiger charge is 2.35. The molecule has 1 aromatic heterocycles. The first kappa shape index (κ1) is 12.8. The Balaban J connectivity index is 1.99. The predicted octanol–water partition coefficient (Wildman–Crippen LogP) is 3.78. The second kappa shape index (κ2) is 4.94. The van der Waals surface area contributed by atoms with Gasteiger partial charge in [-0.3, -0.25) is 0 Å². The highest BCUT2D eigenvalue weighted by Crippen LogP contribution is 2.38. The van der Waals surface area contributed by atoms with Crippen LogP contribution in [-0.4, -0.2) is 10.1 Å². The molecule has 0 amide bonds. The molecule has 0 bridgehead atoms. The van der Waals surface area contributed by atoms with Crippen LogP contribution in [0.5, 0.6) is 0 Å². The minimum atomic E-state index is -4.41. The number of aromatic nitrogens is 1. The van der Waals surface area contributed by atoms with Gasteiger partial charge in [0.25, 0.3) is 0 Å². The lowest BCUT2D eigenvalue weighted by atomic mass is 10.00. The standard InChI is InChI=1S/C11H14F3NOS/c12-11(13,14)10-15-6-9(17-10)8(16)5-7-3-1-2-4-7/h6-8,16H,1-5H2. The van der Waals surface area contributed by atoms with Gasteiger partial charge in [0, 0.05) is 6.20 Å². The third-order valence-corrected chi connectivity index (χ3v) is 4.27. The summed E-state index contributed by atoms with van der Waals surface area (Å²) in [6, 6.07) is 0. The first-order valence-electron chi connectivity index (χ1n) is 5.68. The molecule has 1 atom stereocenters. The van der Waals surface area contributed by atoms with Gasteiger partial charge in [-0.2, -0.15) is 13.2 Å². The molecular formula is C11H14F3NOS. The van der Waals surface area contributed by atoms with Crippen LogP contribution in [-0.2, 0) is 6.18 Å². The molecule has 2 rings (SSSR count). The van der Waals surface area contributed by atoms with Crippen LogP contribution in [0, 0.1) is 5.92 Å². The summed E-state index contributed by atoms with van der Waals surface area (Å²) < 4.78 is 37.0. The first-order valence-corrected chi connectivity index (χ1v) is 6.49.